The van der Waals surface area contributed by atoms with E-state index in [4.69, 9.17) is 9.68 Å². The normalized spacial score (nSPS) is 11.3. The van der Waals surface area contributed by atoms with E-state index in [1.807, 2.05) is 27.7 Å². The Morgan fingerprint density at radius 1 is 1.46 bits per heavy atom. The second-order valence-electron chi connectivity index (χ2n) is 4.11. The maximum absolute atomic E-state index is 8.52. The monoisotopic (exact) mass is 178 g/mol. The second kappa shape index (κ2) is 3.21. The zero-order valence-corrected chi connectivity index (χ0v) is 8.51. The summed E-state index contributed by atoms with van der Waals surface area (Å²) < 4.78 is 5.47. The number of oxazole rings is 1. The van der Waals surface area contributed by atoms with Crippen molar-refractivity contribution in [1.82, 2.24) is 4.98 Å². The van der Waals surface area contributed by atoms with Crippen molar-refractivity contribution in [3.8, 4) is 6.07 Å². The smallest absolute Gasteiger partial charge is 0.200 e. The predicted octanol–water partition coefficient (Wildman–Crippen LogP) is 2.35. The summed E-state index contributed by atoms with van der Waals surface area (Å²) in [6.45, 7) is 7.95. The minimum Gasteiger partial charge on any atom is -0.445 e. The maximum atomic E-state index is 8.52. The molecule has 0 aromatic carbocycles. The number of hydrogen-bond donors (Lipinski definition) is 0. The van der Waals surface area contributed by atoms with E-state index in [9.17, 15) is 0 Å². The molecule has 13 heavy (non-hydrogen) atoms. The highest BCUT2D eigenvalue weighted by molar-refractivity contribution is 5.15. The molecule has 1 heterocycles. The van der Waals surface area contributed by atoms with Crippen molar-refractivity contribution in [1.29, 1.82) is 5.26 Å². The van der Waals surface area contributed by atoms with Gasteiger partial charge in [0.1, 0.15) is 5.76 Å². The molecular formula is C10H14N2O. The van der Waals surface area contributed by atoms with E-state index in [0.29, 0.717) is 12.3 Å². The molecule has 3 heteroatoms. The molecule has 0 unspecified atom stereocenters. The van der Waals surface area contributed by atoms with Crippen molar-refractivity contribution in [3.05, 3.63) is 17.3 Å². The van der Waals surface area contributed by atoms with Crippen LogP contribution >= 0.6 is 0 Å². The van der Waals surface area contributed by atoms with Crippen molar-refractivity contribution in [3.63, 3.8) is 0 Å². The topological polar surface area (TPSA) is 49.8 Å². The second-order valence-corrected chi connectivity index (χ2v) is 4.11. The van der Waals surface area contributed by atoms with E-state index in [-0.39, 0.29) is 5.41 Å². The molecule has 0 saturated heterocycles. The molecular weight excluding hydrogens is 164 g/mol. The van der Waals surface area contributed by atoms with Gasteiger partial charge >= 0.3 is 0 Å². The average Bonchev–Trinajstić information content (AvgIpc) is 2.32. The summed E-state index contributed by atoms with van der Waals surface area (Å²) in [7, 11) is 0. The summed E-state index contributed by atoms with van der Waals surface area (Å²) in [5.74, 6) is 1.46. The summed E-state index contributed by atoms with van der Waals surface area (Å²) in [6.07, 6.45) is 0.325. The third-order valence-corrected chi connectivity index (χ3v) is 1.78. The van der Waals surface area contributed by atoms with Crippen LogP contribution in [0.2, 0.25) is 0 Å². The maximum Gasteiger partial charge on any atom is 0.200 e. The Balaban J connectivity index is 3.04. The molecule has 0 amide bonds. The number of nitriles is 1. The fourth-order valence-corrected chi connectivity index (χ4v) is 0.988. The minimum absolute atomic E-state index is 0.0849. The van der Waals surface area contributed by atoms with Gasteiger partial charge in [-0.1, -0.05) is 20.8 Å². The molecule has 0 saturated carbocycles. The third-order valence-electron chi connectivity index (χ3n) is 1.78. The number of hydrogen-bond acceptors (Lipinski definition) is 3. The van der Waals surface area contributed by atoms with Crippen molar-refractivity contribution >= 4 is 0 Å². The van der Waals surface area contributed by atoms with Crippen LogP contribution < -0.4 is 0 Å². The number of aromatic nitrogens is 1. The molecule has 0 N–H and O–H groups in total. The van der Waals surface area contributed by atoms with E-state index in [0.717, 1.165) is 11.5 Å². The SMILES string of the molecule is Cc1oc(C(C)(C)C)nc1CC#N. The van der Waals surface area contributed by atoms with Crippen LogP contribution in [-0.2, 0) is 11.8 Å². The fourth-order valence-electron chi connectivity index (χ4n) is 0.988. The van der Waals surface area contributed by atoms with Gasteiger partial charge in [0.25, 0.3) is 0 Å². The molecule has 70 valence electrons. The Kier molecular flexibility index (Phi) is 2.42. The molecule has 0 bridgehead atoms. The van der Waals surface area contributed by atoms with E-state index in [1.165, 1.54) is 0 Å². The summed E-state index contributed by atoms with van der Waals surface area (Å²) in [4.78, 5) is 4.28. The molecule has 0 atom stereocenters. The van der Waals surface area contributed by atoms with Crippen LogP contribution in [-0.4, -0.2) is 4.98 Å². The van der Waals surface area contributed by atoms with Crippen LogP contribution in [0.3, 0.4) is 0 Å². The van der Waals surface area contributed by atoms with Crippen molar-refractivity contribution in [2.24, 2.45) is 0 Å². The first-order valence-corrected chi connectivity index (χ1v) is 4.29. The lowest BCUT2D eigenvalue weighted by atomic mass is 9.97. The van der Waals surface area contributed by atoms with Gasteiger partial charge in [-0.15, -0.1) is 0 Å². The lowest BCUT2D eigenvalue weighted by Gasteiger charge is -2.11. The van der Waals surface area contributed by atoms with Gasteiger partial charge in [-0.3, -0.25) is 0 Å². The van der Waals surface area contributed by atoms with Gasteiger partial charge in [0.2, 0.25) is 0 Å². The van der Waals surface area contributed by atoms with Gasteiger partial charge in [-0.2, -0.15) is 5.26 Å². The van der Waals surface area contributed by atoms with Crippen LogP contribution in [0, 0.1) is 18.3 Å². The van der Waals surface area contributed by atoms with Crippen LogP contribution in [0.5, 0.6) is 0 Å². The zero-order valence-electron chi connectivity index (χ0n) is 8.51. The molecule has 0 radical (unpaired) electrons. The standard InChI is InChI=1S/C10H14N2O/c1-7-8(5-6-11)12-9(13-7)10(2,3)4/h5H2,1-4H3. The highest BCUT2D eigenvalue weighted by atomic mass is 16.4. The summed E-state index contributed by atoms with van der Waals surface area (Å²) in [5.41, 5.74) is 0.672. The predicted molar refractivity (Wildman–Crippen MR) is 49.3 cm³/mol. The van der Waals surface area contributed by atoms with E-state index in [1.54, 1.807) is 0 Å². The molecule has 0 aliphatic carbocycles. The Hall–Kier alpha value is -1.30. The largest absolute Gasteiger partial charge is 0.445 e. The molecule has 0 aliphatic rings. The van der Waals surface area contributed by atoms with Crippen LogP contribution in [0.1, 0.15) is 38.1 Å². The van der Waals surface area contributed by atoms with Gasteiger partial charge in [0.15, 0.2) is 5.89 Å². The number of aryl methyl sites for hydroxylation is 1. The van der Waals surface area contributed by atoms with Gasteiger partial charge in [-0.25, -0.2) is 4.98 Å². The summed E-state index contributed by atoms with van der Waals surface area (Å²) >= 11 is 0. The van der Waals surface area contributed by atoms with Gasteiger partial charge in [-0.05, 0) is 6.92 Å². The average molecular weight is 178 g/mol. The van der Waals surface area contributed by atoms with E-state index in [2.05, 4.69) is 11.1 Å². The van der Waals surface area contributed by atoms with Crippen LogP contribution in [0.15, 0.2) is 4.42 Å². The van der Waals surface area contributed by atoms with Crippen molar-refractivity contribution in [2.75, 3.05) is 0 Å². The highest BCUT2D eigenvalue weighted by Gasteiger charge is 2.21. The lowest BCUT2D eigenvalue weighted by Crippen LogP contribution is -2.11. The van der Waals surface area contributed by atoms with Crippen LogP contribution in [0.25, 0.3) is 0 Å². The molecule has 0 fully saturated rings. The number of rotatable bonds is 1. The Labute approximate surface area is 78.4 Å². The third kappa shape index (κ3) is 2.09. The zero-order chi connectivity index (χ0) is 10.1. The molecule has 1 aromatic heterocycles. The molecule has 0 aliphatic heterocycles. The first kappa shape index (κ1) is 9.79. The molecule has 0 spiro atoms. The van der Waals surface area contributed by atoms with Crippen LogP contribution in [0.4, 0.5) is 0 Å². The highest BCUT2D eigenvalue weighted by Crippen LogP contribution is 2.23. The van der Waals surface area contributed by atoms with Crippen molar-refractivity contribution in [2.45, 2.75) is 39.5 Å². The first-order valence-electron chi connectivity index (χ1n) is 4.29. The van der Waals surface area contributed by atoms with E-state index < -0.39 is 0 Å². The Morgan fingerprint density at radius 2 is 2.08 bits per heavy atom. The fraction of sp³-hybridized carbons (Fsp3) is 0.600. The minimum atomic E-state index is -0.0849. The Bertz CT molecular complexity index is 339. The summed E-state index contributed by atoms with van der Waals surface area (Å²) in [5, 5.41) is 8.52. The first-order chi connectivity index (χ1) is 5.95. The van der Waals surface area contributed by atoms with Crippen molar-refractivity contribution < 1.29 is 4.42 Å². The van der Waals surface area contributed by atoms with E-state index >= 15 is 0 Å². The Morgan fingerprint density at radius 3 is 2.46 bits per heavy atom. The number of nitrogens with zero attached hydrogens (tertiary/aromatic N) is 2. The van der Waals surface area contributed by atoms with Gasteiger partial charge < -0.3 is 4.42 Å². The molecule has 1 aromatic rings. The lowest BCUT2D eigenvalue weighted by molar-refractivity contribution is 0.380. The van der Waals surface area contributed by atoms with Gasteiger partial charge in [0, 0.05) is 5.41 Å². The molecule has 3 nitrogen and oxygen atoms in total. The summed E-state index contributed by atoms with van der Waals surface area (Å²) in [6, 6.07) is 2.07. The van der Waals surface area contributed by atoms with Gasteiger partial charge in [0.05, 0.1) is 18.2 Å². The molecule has 1 rings (SSSR count). The quantitative estimate of drug-likeness (QED) is 0.663.